The van der Waals surface area contributed by atoms with Gasteiger partial charge in [-0.1, -0.05) is 33.1 Å². The highest BCUT2D eigenvalue weighted by atomic mass is 16.1. The first-order valence-electron chi connectivity index (χ1n) is 5.53. The number of carbonyl (C=O) groups is 1. The van der Waals surface area contributed by atoms with Crippen LogP contribution in [0.5, 0.6) is 0 Å². The van der Waals surface area contributed by atoms with Gasteiger partial charge in [0.25, 0.3) is 0 Å². The molecule has 0 aromatic carbocycles. The van der Waals surface area contributed by atoms with Crippen LogP contribution < -0.4 is 5.32 Å². The topological polar surface area (TPSA) is 29.1 Å². The first-order chi connectivity index (χ1) is 6.24. The summed E-state index contributed by atoms with van der Waals surface area (Å²) in [5.74, 6) is 0.872. The summed E-state index contributed by atoms with van der Waals surface area (Å²) in [5, 5.41) is 3.12. The molecular weight excluding hydrogens is 162 g/mol. The van der Waals surface area contributed by atoms with Crippen molar-refractivity contribution in [3.8, 4) is 0 Å². The maximum Gasteiger partial charge on any atom is 0.219 e. The summed E-state index contributed by atoms with van der Waals surface area (Å²) in [4.78, 5) is 11.2. The zero-order valence-electron chi connectivity index (χ0n) is 8.81. The fourth-order valence-corrected chi connectivity index (χ4v) is 2.02. The molecule has 1 amide bonds. The molecule has 2 nitrogen and oxygen atoms in total. The van der Waals surface area contributed by atoms with E-state index >= 15 is 0 Å². The molecule has 0 aliphatic heterocycles. The van der Waals surface area contributed by atoms with Crippen LogP contribution in [0.1, 0.15) is 52.4 Å². The van der Waals surface area contributed by atoms with Gasteiger partial charge in [0.15, 0.2) is 0 Å². The van der Waals surface area contributed by atoms with E-state index in [0.717, 1.165) is 0 Å². The van der Waals surface area contributed by atoms with Gasteiger partial charge in [0.1, 0.15) is 0 Å². The molecular formula is C11H21NO. The monoisotopic (exact) mass is 183 g/mol. The van der Waals surface area contributed by atoms with E-state index in [1.165, 1.54) is 32.1 Å². The number of carbonyl (C=O) groups excluding carboxylic acids is 1. The Morgan fingerprint density at radius 1 is 1.31 bits per heavy atom. The second kappa shape index (κ2) is 5.25. The van der Waals surface area contributed by atoms with Crippen LogP contribution in [0.2, 0.25) is 0 Å². The van der Waals surface area contributed by atoms with E-state index in [2.05, 4.69) is 12.2 Å². The second-order valence-electron chi connectivity index (χ2n) is 4.14. The number of hydrogen-bond acceptors (Lipinski definition) is 1. The zero-order valence-corrected chi connectivity index (χ0v) is 8.81. The third kappa shape index (κ3) is 3.37. The fourth-order valence-electron chi connectivity index (χ4n) is 2.02. The molecule has 0 spiro atoms. The van der Waals surface area contributed by atoms with E-state index in [9.17, 15) is 4.79 Å². The average molecular weight is 183 g/mol. The van der Waals surface area contributed by atoms with E-state index in [1.54, 1.807) is 0 Å². The molecule has 0 radical (unpaired) electrons. The molecule has 1 aliphatic rings. The largest absolute Gasteiger partial charge is 0.353 e. The predicted molar refractivity (Wildman–Crippen MR) is 54.5 cm³/mol. The maximum atomic E-state index is 11.2. The normalized spacial score (nSPS) is 29.4. The highest BCUT2D eigenvalue weighted by Crippen LogP contribution is 2.22. The highest BCUT2D eigenvalue weighted by molar-refractivity contribution is 5.75. The minimum Gasteiger partial charge on any atom is -0.353 e. The van der Waals surface area contributed by atoms with Crippen LogP contribution in [0, 0.1) is 5.92 Å². The SMILES string of the molecule is CCC(=O)NC1CCCCCC1C. The van der Waals surface area contributed by atoms with Gasteiger partial charge in [-0.25, -0.2) is 0 Å². The molecule has 2 atom stereocenters. The van der Waals surface area contributed by atoms with Gasteiger partial charge in [0, 0.05) is 12.5 Å². The van der Waals surface area contributed by atoms with E-state index in [1.807, 2.05) is 6.92 Å². The van der Waals surface area contributed by atoms with Crippen LogP contribution >= 0.6 is 0 Å². The van der Waals surface area contributed by atoms with Crippen LogP contribution in [0.4, 0.5) is 0 Å². The van der Waals surface area contributed by atoms with Gasteiger partial charge in [-0.2, -0.15) is 0 Å². The smallest absolute Gasteiger partial charge is 0.219 e. The first kappa shape index (κ1) is 10.6. The van der Waals surface area contributed by atoms with Crippen molar-refractivity contribution < 1.29 is 4.79 Å². The molecule has 0 aromatic rings. The molecule has 1 aliphatic carbocycles. The molecule has 76 valence electrons. The second-order valence-corrected chi connectivity index (χ2v) is 4.14. The Balaban J connectivity index is 2.40. The van der Waals surface area contributed by atoms with Crippen LogP contribution in [0.3, 0.4) is 0 Å². The summed E-state index contributed by atoms with van der Waals surface area (Å²) in [6.07, 6.45) is 7.01. The minimum absolute atomic E-state index is 0.207. The quantitative estimate of drug-likeness (QED) is 0.655. The van der Waals surface area contributed by atoms with Crippen molar-refractivity contribution in [3.05, 3.63) is 0 Å². The molecule has 0 saturated heterocycles. The Hall–Kier alpha value is -0.530. The van der Waals surface area contributed by atoms with Gasteiger partial charge in [-0.3, -0.25) is 4.79 Å². The van der Waals surface area contributed by atoms with Crippen molar-refractivity contribution >= 4 is 5.91 Å². The van der Waals surface area contributed by atoms with Gasteiger partial charge in [-0.05, 0) is 18.8 Å². The van der Waals surface area contributed by atoms with Crippen molar-refractivity contribution in [2.24, 2.45) is 5.92 Å². The van der Waals surface area contributed by atoms with Crippen molar-refractivity contribution in [1.82, 2.24) is 5.32 Å². The summed E-state index contributed by atoms with van der Waals surface area (Å²) in [5.41, 5.74) is 0. The van der Waals surface area contributed by atoms with Gasteiger partial charge in [0.05, 0.1) is 0 Å². The Bertz CT molecular complexity index is 167. The fraction of sp³-hybridized carbons (Fsp3) is 0.909. The van der Waals surface area contributed by atoms with Crippen LogP contribution in [-0.4, -0.2) is 11.9 Å². The summed E-state index contributed by atoms with van der Waals surface area (Å²) < 4.78 is 0. The van der Waals surface area contributed by atoms with Gasteiger partial charge in [-0.15, -0.1) is 0 Å². The Labute approximate surface area is 81.1 Å². The summed E-state index contributed by atoms with van der Waals surface area (Å²) in [6.45, 7) is 4.17. The third-order valence-corrected chi connectivity index (χ3v) is 3.03. The van der Waals surface area contributed by atoms with E-state index in [4.69, 9.17) is 0 Å². The molecule has 1 N–H and O–H groups in total. The molecule has 0 heterocycles. The van der Waals surface area contributed by atoms with Crippen molar-refractivity contribution in [1.29, 1.82) is 0 Å². The van der Waals surface area contributed by atoms with Crippen molar-refractivity contribution in [2.75, 3.05) is 0 Å². The van der Waals surface area contributed by atoms with E-state index in [-0.39, 0.29) is 5.91 Å². The first-order valence-corrected chi connectivity index (χ1v) is 5.53. The van der Waals surface area contributed by atoms with Gasteiger partial charge >= 0.3 is 0 Å². The Kier molecular flexibility index (Phi) is 4.26. The van der Waals surface area contributed by atoms with E-state index < -0.39 is 0 Å². The lowest BCUT2D eigenvalue weighted by atomic mass is 9.97. The predicted octanol–water partition coefficient (Wildman–Crippen LogP) is 2.48. The van der Waals surface area contributed by atoms with Crippen molar-refractivity contribution in [2.45, 2.75) is 58.4 Å². The highest BCUT2D eigenvalue weighted by Gasteiger charge is 2.20. The molecule has 1 fully saturated rings. The number of rotatable bonds is 2. The van der Waals surface area contributed by atoms with Crippen LogP contribution in [0.15, 0.2) is 0 Å². The molecule has 0 aromatic heterocycles. The van der Waals surface area contributed by atoms with Crippen LogP contribution in [-0.2, 0) is 4.79 Å². The summed E-state index contributed by atoms with van der Waals surface area (Å²) in [6, 6.07) is 0.440. The van der Waals surface area contributed by atoms with Gasteiger partial charge in [0.2, 0.25) is 5.91 Å². The average Bonchev–Trinajstić information content (AvgIpc) is 2.32. The Morgan fingerprint density at radius 3 is 2.69 bits per heavy atom. The lowest BCUT2D eigenvalue weighted by Gasteiger charge is -2.22. The summed E-state index contributed by atoms with van der Waals surface area (Å²) in [7, 11) is 0. The third-order valence-electron chi connectivity index (χ3n) is 3.03. The van der Waals surface area contributed by atoms with Crippen LogP contribution in [0.25, 0.3) is 0 Å². The number of hydrogen-bond donors (Lipinski definition) is 1. The van der Waals surface area contributed by atoms with E-state index in [0.29, 0.717) is 18.4 Å². The molecule has 2 heteroatoms. The van der Waals surface area contributed by atoms with Crippen molar-refractivity contribution in [3.63, 3.8) is 0 Å². The molecule has 1 rings (SSSR count). The standard InChI is InChI=1S/C11H21NO/c1-3-11(13)12-10-8-6-4-5-7-9(10)2/h9-10H,3-8H2,1-2H3,(H,12,13). The lowest BCUT2D eigenvalue weighted by Crippen LogP contribution is -2.38. The molecule has 13 heavy (non-hydrogen) atoms. The molecule has 2 unspecified atom stereocenters. The minimum atomic E-state index is 0.207. The summed E-state index contributed by atoms with van der Waals surface area (Å²) >= 11 is 0. The lowest BCUT2D eigenvalue weighted by molar-refractivity contribution is -0.121. The maximum absolute atomic E-state index is 11.2. The van der Waals surface area contributed by atoms with Gasteiger partial charge < -0.3 is 5.32 Å². The number of nitrogens with one attached hydrogen (secondary N) is 1. The number of amides is 1. The molecule has 1 saturated carbocycles. The Morgan fingerprint density at radius 2 is 2.00 bits per heavy atom. The zero-order chi connectivity index (χ0) is 9.68. The molecule has 0 bridgehead atoms.